The highest BCUT2D eigenvalue weighted by molar-refractivity contribution is 5.21. The number of aromatic amines is 1. The number of H-pyrrole nitrogens is 1. The summed E-state index contributed by atoms with van der Waals surface area (Å²) in [5.41, 5.74) is 3.75. The number of nitrogens with zero attached hydrogens (tertiary/aromatic N) is 1. The van der Waals surface area contributed by atoms with Gasteiger partial charge in [0.2, 0.25) is 0 Å². The molecule has 2 aromatic heterocycles. The Morgan fingerprint density at radius 2 is 2.27 bits per heavy atom. The molecule has 15 heavy (non-hydrogen) atoms. The first-order valence-electron chi connectivity index (χ1n) is 5.09. The van der Waals surface area contributed by atoms with Gasteiger partial charge >= 0.3 is 0 Å². The van der Waals surface area contributed by atoms with Crippen molar-refractivity contribution >= 4 is 0 Å². The molecule has 2 rings (SSSR count). The van der Waals surface area contributed by atoms with Crippen LogP contribution < -0.4 is 5.32 Å². The molecule has 3 nitrogen and oxygen atoms in total. The number of nitrogens with one attached hydrogen (secondary N) is 2. The number of aromatic nitrogens is 2. The smallest absolute Gasteiger partial charge is 0.0360 e. The van der Waals surface area contributed by atoms with Crippen molar-refractivity contribution in [3.63, 3.8) is 0 Å². The topological polar surface area (TPSA) is 40.7 Å². The van der Waals surface area contributed by atoms with Crippen molar-refractivity contribution < 1.29 is 0 Å². The summed E-state index contributed by atoms with van der Waals surface area (Å²) in [5.74, 6) is 0. The van der Waals surface area contributed by atoms with Gasteiger partial charge in [0.15, 0.2) is 0 Å². The van der Waals surface area contributed by atoms with E-state index < -0.39 is 0 Å². The van der Waals surface area contributed by atoms with Crippen LogP contribution in [0.2, 0.25) is 0 Å². The first-order chi connectivity index (χ1) is 7.36. The van der Waals surface area contributed by atoms with Gasteiger partial charge in [0.25, 0.3) is 0 Å². The molecular weight excluding hydrogens is 186 g/mol. The molecule has 0 fully saturated rings. The number of aryl methyl sites for hydroxylation is 1. The zero-order valence-corrected chi connectivity index (χ0v) is 8.83. The fraction of sp³-hybridized carbons (Fsp3) is 0.250. The van der Waals surface area contributed by atoms with Gasteiger partial charge in [-0.1, -0.05) is 0 Å². The Morgan fingerprint density at radius 1 is 1.33 bits per heavy atom. The lowest BCUT2D eigenvalue weighted by Gasteiger charge is -2.05. The minimum atomic E-state index is 0.870. The molecule has 0 saturated heterocycles. The summed E-state index contributed by atoms with van der Waals surface area (Å²) in [4.78, 5) is 7.23. The molecule has 3 heteroatoms. The van der Waals surface area contributed by atoms with Crippen molar-refractivity contribution in [2.75, 3.05) is 0 Å². The normalized spacial score (nSPS) is 10.5. The Hall–Kier alpha value is -1.61. The molecule has 0 atom stereocenters. The Labute approximate surface area is 89.6 Å². The van der Waals surface area contributed by atoms with Gasteiger partial charge < -0.3 is 10.3 Å². The van der Waals surface area contributed by atoms with Gasteiger partial charge in [0.1, 0.15) is 0 Å². The van der Waals surface area contributed by atoms with E-state index in [1.54, 1.807) is 0 Å². The van der Waals surface area contributed by atoms with Crippen LogP contribution in [0.4, 0.5) is 0 Å². The standard InChI is InChI=1S/C12H15N3/c1-10-7-13-6-4-11(10)8-14-9-12-3-2-5-15-12/h2-7,14-15H,8-9H2,1H3. The molecule has 0 aliphatic heterocycles. The highest BCUT2D eigenvalue weighted by atomic mass is 14.9. The van der Waals surface area contributed by atoms with E-state index in [1.807, 2.05) is 24.7 Å². The zero-order chi connectivity index (χ0) is 10.5. The molecule has 78 valence electrons. The molecule has 0 spiro atoms. The Morgan fingerprint density at radius 3 is 3.00 bits per heavy atom. The summed E-state index contributed by atoms with van der Waals surface area (Å²) in [7, 11) is 0. The van der Waals surface area contributed by atoms with Crippen molar-refractivity contribution in [1.82, 2.24) is 15.3 Å². The number of hydrogen-bond acceptors (Lipinski definition) is 2. The monoisotopic (exact) mass is 201 g/mol. The first-order valence-corrected chi connectivity index (χ1v) is 5.09. The van der Waals surface area contributed by atoms with E-state index >= 15 is 0 Å². The summed E-state index contributed by atoms with van der Waals surface area (Å²) >= 11 is 0. The van der Waals surface area contributed by atoms with Crippen LogP contribution >= 0.6 is 0 Å². The molecule has 0 unspecified atom stereocenters. The molecular formula is C12H15N3. The SMILES string of the molecule is Cc1cnccc1CNCc1ccc[nH]1. The van der Waals surface area contributed by atoms with Crippen molar-refractivity contribution in [2.24, 2.45) is 0 Å². The van der Waals surface area contributed by atoms with Crippen LogP contribution in [0, 0.1) is 6.92 Å². The molecule has 0 bridgehead atoms. The molecule has 0 aliphatic carbocycles. The molecule has 2 N–H and O–H groups in total. The summed E-state index contributed by atoms with van der Waals surface area (Å²) in [5, 5.41) is 3.39. The molecule has 0 radical (unpaired) electrons. The largest absolute Gasteiger partial charge is 0.364 e. The highest BCUT2D eigenvalue weighted by Gasteiger charge is 1.97. The van der Waals surface area contributed by atoms with E-state index in [0.29, 0.717) is 0 Å². The van der Waals surface area contributed by atoms with Gasteiger partial charge in [-0.05, 0) is 36.2 Å². The summed E-state index contributed by atoms with van der Waals surface area (Å²) in [6, 6.07) is 6.14. The lowest BCUT2D eigenvalue weighted by Crippen LogP contribution is -2.13. The van der Waals surface area contributed by atoms with Gasteiger partial charge in [0.05, 0.1) is 0 Å². The highest BCUT2D eigenvalue weighted by Crippen LogP contribution is 2.04. The molecule has 0 aromatic carbocycles. The van der Waals surface area contributed by atoms with Gasteiger partial charge in [-0.3, -0.25) is 4.98 Å². The molecule has 0 amide bonds. The van der Waals surface area contributed by atoms with Gasteiger partial charge in [-0.2, -0.15) is 0 Å². The van der Waals surface area contributed by atoms with E-state index in [4.69, 9.17) is 0 Å². The van der Waals surface area contributed by atoms with Crippen LogP contribution in [0.5, 0.6) is 0 Å². The zero-order valence-electron chi connectivity index (χ0n) is 8.83. The first kappa shape index (κ1) is 9.93. The van der Waals surface area contributed by atoms with Crippen LogP contribution in [-0.2, 0) is 13.1 Å². The van der Waals surface area contributed by atoms with E-state index in [0.717, 1.165) is 13.1 Å². The Kier molecular flexibility index (Phi) is 3.15. The maximum atomic E-state index is 4.07. The number of hydrogen-bond donors (Lipinski definition) is 2. The maximum absolute atomic E-state index is 4.07. The number of rotatable bonds is 4. The average Bonchev–Trinajstić information content (AvgIpc) is 2.74. The summed E-state index contributed by atoms with van der Waals surface area (Å²) in [6.45, 7) is 3.83. The predicted molar refractivity (Wildman–Crippen MR) is 60.3 cm³/mol. The Balaban J connectivity index is 1.86. The van der Waals surface area contributed by atoms with Crippen LogP contribution in [0.3, 0.4) is 0 Å². The van der Waals surface area contributed by atoms with E-state index in [-0.39, 0.29) is 0 Å². The average molecular weight is 201 g/mol. The second-order valence-corrected chi connectivity index (χ2v) is 3.60. The van der Waals surface area contributed by atoms with Crippen molar-refractivity contribution in [3.05, 3.63) is 53.6 Å². The van der Waals surface area contributed by atoms with Crippen LogP contribution in [0.15, 0.2) is 36.8 Å². The van der Waals surface area contributed by atoms with Crippen LogP contribution in [-0.4, -0.2) is 9.97 Å². The van der Waals surface area contributed by atoms with Gasteiger partial charge in [-0.15, -0.1) is 0 Å². The van der Waals surface area contributed by atoms with Crippen molar-refractivity contribution in [1.29, 1.82) is 0 Å². The lowest BCUT2D eigenvalue weighted by atomic mass is 10.1. The summed E-state index contributed by atoms with van der Waals surface area (Å²) < 4.78 is 0. The third kappa shape index (κ3) is 2.67. The third-order valence-corrected chi connectivity index (χ3v) is 2.43. The van der Waals surface area contributed by atoms with Crippen LogP contribution in [0.1, 0.15) is 16.8 Å². The van der Waals surface area contributed by atoms with Crippen molar-refractivity contribution in [3.8, 4) is 0 Å². The number of pyridine rings is 1. The van der Waals surface area contributed by atoms with Gasteiger partial charge in [0, 0.05) is 37.4 Å². The van der Waals surface area contributed by atoms with E-state index in [2.05, 4.69) is 34.3 Å². The molecule has 2 heterocycles. The molecule has 0 aliphatic rings. The third-order valence-electron chi connectivity index (χ3n) is 2.43. The molecule has 0 saturated carbocycles. The lowest BCUT2D eigenvalue weighted by molar-refractivity contribution is 0.679. The second kappa shape index (κ2) is 4.75. The summed E-state index contributed by atoms with van der Waals surface area (Å²) in [6.07, 6.45) is 5.67. The van der Waals surface area contributed by atoms with Crippen molar-refractivity contribution in [2.45, 2.75) is 20.0 Å². The van der Waals surface area contributed by atoms with Crippen LogP contribution in [0.25, 0.3) is 0 Å². The predicted octanol–water partition coefficient (Wildman–Crippen LogP) is 2.01. The minimum absolute atomic E-state index is 0.870. The minimum Gasteiger partial charge on any atom is -0.364 e. The fourth-order valence-corrected chi connectivity index (χ4v) is 1.51. The van der Waals surface area contributed by atoms with E-state index in [9.17, 15) is 0 Å². The quantitative estimate of drug-likeness (QED) is 0.794. The fourth-order valence-electron chi connectivity index (χ4n) is 1.51. The molecule has 2 aromatic rings. The Bertz CT molecular complexity index is 407. The second-order valence-electron chi connectivity index (χ2n) is 3.60. The van der Waals surface area contributed by atoms with Gasteiger partial charge in [-0.25, -0.2) is 0 Å². The van der Waals surface area contributed by atoms with E-state index in [1.165, 1.54) is 16.8 Å². The maximum Gasteiger partial charge on any atom is 0.0360 e.